The first-order chi connectivity index (χ1) is 17.9. The van der Waals surface area contributed by atoms with Gasteiger partial charge >= 0.3 is 6.18 Å². The normalized spacial score (nSPS) is 16.4. The van der Waals surface area contributed by atoms with Gasteiger partial charge in [0.25, 0.3) is 0 Å². The van der Waals surface area contributed by atoms with Gasteiger partial charge in [0, 0.05) is 32.7 Å². The molecule has 0 saturated carbocycles. The third-order valence-corrected chi connectivity index (χ3v) is 8.46. The first-order valence-corrected chi connectivity index (χ1v) is 14.0. The van der Waals surface area contributed by atoms with E-state index in [0.717, 1.165) is 38.3 Å². The van der Waals surface area contributed by atoms with Crippen molar-refractivity contribution in [2.24, 2.45) is 0 Å². The topological polar surface area (TPSA) is 61.9 Å². The molecule has 0 aliphatic carbocycles. The van der Waals surface area contributed by atoms with E-state index in [4.69, 9.17) is 27.9 Å². The minimum Gasteiger partial charge on any atom is -0.457 e. The van der Waals surface area contributed by atoms with Crippen molar-refractivity contribution in [2.75, 3.05) is 39.8 Å². The number of hydrogen-bond donors (Lipinski definition) is 1. The molecule has 1 aliphatic rings. The van der Waals surface area contributed by atoms with Crippen LogP contribution in [0.1, 0.15) is 17.2 Å². The Morgan fingerprint density at radius 2 is 1.47 bits per heavy atom. The lowest BCUT2D eigenvalue weighted by molar-refractivity contribution is -0.137. The molecule has 4 rings (SSSR count). The first-order valence-electron chi connectivity index (χ1n) is 11.7. The number of nitrogens with zero attached hydrogens (tertiary/aromatic N) is 2. The quantitative estimate of drug-likeness (QED) is 0.346. The van der Waals surface area contributed by atoms with Gasteiger partial charge in [-0.2, -0.15) is 13.2 Å². The summed E-state index contributed by atoms with van der Waals surface area (Å²) in [7, 11) is -1.90. The smallest absolute Gasteiger partial charge is 0.416 e. The maximum Gasteiger partial charge on any atom is 0.416 e. The summed E-state index contributed by atoms with van der Waals surface area (Å²) >= 11 is 12.3. The molecule has 1 aliphatic heterocycles. The summed E-state index contributed by atoms with van der Waals surface area (Å²) in [5.41, 5.74) is -0.102. The summed E-state index contributed by atoms with van der Waals surface area (Å²) in [5, 5.41) is 0.705. The second-order valence-corrected chi connectivity index (χ2v) is 11.6. The van der Waals surface area contributed by atoms with Crippen LogP contribution in [0.3, 0.4) is 0 Å². The van der Waals surface area contributed by atoms with E-state index < -0.39 is 27.8 Å². The lowest BCUT2D eigenvalue weighted by Gasteiger charge is -2.35. The molecule has 0 radical (unpaired) electrons. The Morgan fingerprint density at radius 1 is 0.895 bits per heavy atom. The Morgan fingerprint density at radius 3 is 2.03 bits per heavy atom. The molecule has 1 fully saturated rings. The lowest BCUT2D eigenvalue weighted by Crippen LogP contribution is -2.47. The lowest BCUT2D eigenvalue weighted by atomic mass is 10.1. The summed E-state index contributed by atoms with van der Waals surface area (Å²) in [6.45, 7) is 3.79. The summed E-state index contributed by atoms with van der Waals surface area (Å²) in [6, 6.07) is 14.4. The van der Waals surface area contributed by atoms with Gasteiger partial charge in [-0.3, -0.25) is 4.90 Å². The Balaban J connectivity index is 1.50. The Kier molecular flexibility index (Phi) is 8.91. The second kappa shape index (κ2) is 11.8. The van der Waals surface area contributed by atoms with Crippen molar-refractivity contribution in [1.29, 1.82) is 0 Å². The van der Waals surface area contributed by atoms with Crippen LogP contribution in [0.5, 0.6) is 11.5 Å². The average molecular weight is 588 g/mol. The minimum absolute atomic E-state index is 0.0145. The van der Waals surface area contributed by atoms with Crippen LogP contribution < -0.4 is 9.46 Å². The Hall–Kier alpha value is -2.34. The van der Waals surface area contributed by atoms with Crippen molar-refractivity contribution in [1.82, 2.24) is 14.5 Å². The van der Waals surface area contributed by atoms with Crippen LogP contribution >= 0.6 is 23.2 Å². The minimum atomic E-state index is -4.44. The van der Waals surface area contributed by atoms with Crippen molar-refractivity contribution in [3.63, 3.8) is 0 Å². The maximum atomic E-state index is 13.3. The second-order valence-electron chi connectivity index (χ2n) is 9.05. The van der Waals surface area contributed by atoms with Gasteiger partial charge in [0.05, 0.1) is 26.5 Å². The monoisotopic (exact) mass is 587 g/mol. The van der Waals surface area contributed by atoms with E-state index >= 15 is 0 Å². The number of halogens is 5. The van der Waals surface area contributed by atoms with Gasteiger partial charge in [-0.25, -0.2) is 13.1 Å². The van der Waals surface area contributed by atoms with Gasteiger partial charge in [-0.1, -0.05) is 29.3 Å². The number of benzene rings is 3. The molecule has 204 valence electrons. The zero-order chi connectivity index (χ0) is 27.5. The van der Waals surface area contributed by atoms with E-state index in [9.17, 15) is 21.6 Å². The predicted molar refractivity (Wildman–Crippen MR) is 141 cm³/mol. The molecule has 1 atom stereocenters. The fourth-order valence-corrected chi connectivity index (χ4v) is 5.54. The molecule has 6 nitrogen and oxygen atoms in total. The molecule has 3 aromatic carbocycles. The van der Waals surface area contributed by atoms with Crippen LogP contribution in [-0.2, 0) is 16.2 Å². The third-order valence-electron chi connectivity index (χ3n) is 6.23. The van der Waals surface area contributed by atoms with Gasteiger partial charge in [0.2, 0.25) is 10.0 Å². The van der Waals surface area contributed by atoms with Crippen molar-refractivity contribution in [3.05, 3.63) is 87.9 Å². The molecular formula is C26H26Cl2F3N3O3S. The number of alkyl halides is 3. The molecule has 0 amide bonds. The number of hydrogen-bond acceptors (Lipinski definition) is 5. The molecule has 12 heteroatoms. The van der Waals surface area contributed by atoms with E-state index in [0.29, 0.717) is 22.2 Å². The van der Waals surface area contributed by atoms with Gasteiger partial charge in [0.15, 0.2) is 0 Å². The van der Waals surface area contributed by atoms with E-state index in [1.54, 1.807) is 18.2 Å². The zero-order valence-corrected chi connectivity index (χ0v) is 22.7. The van der Waals surface area contributed by atoms with Crippen LogP contribution in [0, 0.1) is 0 Å². The molecular weight excluding hydrogens is 562 g/mol. The number of sulfonamides is 1. The molecule has 38 heavy (non-hydrogen) atoms. The molecule has 1 unspecified atom stereocenters. The number of rotatable bonds is 8. The van der Waals surface area contributed by atoms with Gasteiger partial charge in [-0.15, -0.1) is 0 Å². The molecule has 1 N–H and O–H groups in total. The van der Waals surface area contributed by atoms with Crippen LogP contribution in [0.25, 0.3) is 0 Å². The fourth-order valence-electron chi connectivity index (χ4n) is 4.02. The SMILES string of the molecule is CN1CCN(CC(NS(=O)(=O)c2ccc(Oc3ccc(C(F)(F)F)cc3)cc2)c2ccc(Cl)c(Cl)c2)CC1. The number of likely N-dealkylation sites (N-methyl/N-ethyl adjacent to an activating group) is 1. The average Bonchev–Trinajstić information content (AvgIpc) is 2.87. The zero-order valence-electron chi connectivity index (χ0n) is 20.4. The molecule has 3 aromatic rings. The van der Waals surface area contributed by atoms with Gasteiger partial charge in [0.1, 0.15) is 11.5 Å². The maximum absolute atomic E-state index is 13.3. The van der Waals surface area contributed by atoms with E-state index in [-0.39, 0.29) is 16.4 Å². The largest absolute Gasteiger partial charge is 0.457 e. The highest BCUT2D eigenvalue weighted by molar-refractivity contribution is 7.89. The Labute approximate surface area is 230 Å². The molecule has 0 bridgehead atoms. The van der Waals surface area contributed by atoms with Crippen LogP contribution in [0.4, 0.5) is 13.2 Å². The highest BCUT2D eigenvalue weighted by atomic mass is 35.5. The predicted octanol–water partition coefficient (Wildman–Crippen LogP) is 6.07. The molecule has 0 spiro atoms. The van der Waals surface area contributed by atoms with Crippen molar-refractivity contribution in [3.8, 4) is 11.5 Å². The molecule has 0 aromatic heterocycles. The third kappa shape index (κ3) is 7.40. The number of ether oxygens (including phenoxy) is 1. The van der Waals surface area contributed by atoms with E-state index in [1.165, 1.54) is 36.4 Å². The van der Waals surface area contributed by atoms with Gasteiger partial charge < -0.3 is 9.64 Å². The molecule has 1 heterocycles. The number of piperazine rings is 1. The van der Waals surface area contributed by atoms with Gasteiger partial charge in [-0.05, 0) is 73.3 Å². The van der Waals surface area contributed by atoms with Crippen LogP contribution in [0.2, 0.25) is 10.0 Å². The Bertz CT molecular complexity index is 1350. The summed E-state index contributed by atoms with van der Waals surface area (Å²) in [6.07, 6.45) is -4.44. The summed E-state index contributed by atoms with van der Waals surface area (Å²) in [5.74, 6) is 0.473. The fraction of sp³-hybridized carbons (Fsp3) is 0.308. The van der Waals surface area contributed by atoms with Crippen LogP contribution in [-0.4, -0.2) is 58.0 Å². The standard InChI is InChI=1S/C26H26Cl2F3N3O3S/c1-33-12-14-34(15-13-33)17-25(18-2-11-23(27)24(28)16-18)32-38(35,36)22-9-7-21(8-10-22)37-20-5-3-19(4-6-20)26(29,30)31/h2-11,16,25,32H,12-15,17H2,1H3. The van der Waals surface area contributed by atoms with Crippen molar-refractivity contribution in [2.45, 2.75) is 17.1 Å². The van der Waals surface area contributed by atoms with E-state index in [1.807, 2.05) is 7.05 Å². The van der Waals surface area contributed by atoms with E-state index in [2.05, 4.69) is 14.5 Å². The van der Waals surface area contributed by atoms with Crippen LogP contribution in [0.15, 0.2) is 71.6 Å². The molecule has 1 saturated heterocycles. The first kappa shape index (κ1) is 28.7. The van der Waals surface area contributed by atoms with Crippen molar-refractivity contribution < 1.29 is 26.3 Å². The highest BCUT2D eigenvalue weighted by Gasteiger charge is 2.30. The summed E-state index contributed by atoms with van der Waals surface area (Å²) < 4.78 is 73.3. The summed E-state index contributed by atoms with van der Waals surface area (Å²) in [4.78, 5) is 4.42. The van der Waals surface area contributed by atoms with Crippen molar-refractivity contribution >= 4 is 33.2 Å². The number of nitrogens with one attached hydrogen (secondary N) is 1. The highest BCUT2D eigenvalue weighted by Crippen LogP contribution is 2.32.